The van der Waals surface area contributed by atoms with E-state index in [9.17, 15) is 9.18 Å². The Morgan fingerprint density at radius 1 is 1.38 bits per heavy atom. The zero-order valence-electron chi connectivity index (χ0n) is 12.5. The van der Waals surface area contributed by atoms with E-state index < -0.39 is 17.8 Å². The number of aliphatic carboxylic acids is 1. The molecule has 1 saturated heterocycles. The molecule has 0 radical (unpaired) electrons. The quantitative estimate of drug-likeness (QED) is 0.840. The first-order valence-electron chi connectivity index (χ1n) is 7.30. The van der Waals surface area contributed by atoms with Crippen LogP contribution >= 0.6 is 23.4 Å². The molecule has 2 aromatic rings. The zero-order valence-corrected chi connectivity index (χ0v) is 14.1. The fraction of sp³-hybridized carbons (Fsp3) is 0.235. The number of hydrogen-bond acceptors (Lipinski definition) is 4. The van der Waals surface area contributed by atoms with Gasteiger partial charge in [-0.15, -0.1) is 11.8 Å². The Labute approximate surface area is 148 Å². The van der Waals surface area contributed by atoms with Crippen LogP contribution in [0.1, 0.15) is 16.5 Å². The van der Waals surface area contributed by atoms with Crippen molar-refractivity contribution in [2.45, 2.75) is 18.0 Å². The third-order valence-electron chi connectivity index (χ3n) is 3.69. The summed E-state index contributed by atoms with van der Waals surface area (Å²) in [5, 5.41) is 12.3. The standard InChI is InChI=1S/C17H15ClFNO3S/c18-13-5-2-6-14(19)12(13)8-23-11-4-1-3-10(7-11)16-20-15(9-24-16)17(21)22/h1-7,15-16,20H,8-9H2,(H,21,22). The van der Waals surface area contributed by atoms with Crippen molar-refractivity contribution < 1.29 is 19.0 Å². The first-order valence-corrected chi connectivity index (χ1v) is 8.73. The highest BCUT2D eigenvalue weighted by Crippen LogP contribution is 2.34. The van der Waals surface area contributed by atoms with Crippen molar-refractivity contribution in [3.8, 4) is 5.75 Å². The monoisotopic (exact) mass is 367 g/mol. The molecule has 0 saturated carbocycles. The molecule has 2 atom stereocenters. The van der Waals surface area contributed by atoms with E-state index in [-0.39, 0.29) is 12.0 Å². The van der Waals surface area contributed by atoms with E-state index in [0.29, 0.717) is 22.1 Å². The van der Waals surface area contributed by atoms with Gasteiger partial charge in [0.15, 0.2) is 0 Å². The highest BCUT2D eigenvalue weighted by Gasteiger charge is 2.30. The van der Waals surface area contributed by atoms with Crippen molar-refractivity contribution in [3.05, 3.63) is 64.4 Å². The van der Waals surface area contributed by atoms with E-state index in [1.807, 2.05) is 18.2 Å². The van der Waals surface area contributed by atoms with Gasteiger partial charge >= 0.3 is 5.97 Å². The summed E-state index contributed by atoms with van der Waals surface area (Å²) in [4.78, 5) is 11.0. The van der Waals surface area contributed by atoms with Gasteiger partial charge in [0, 0.05) is 11.3 Å². The SMILES string of the molecule is O=C(O)C1CSC(c2cccc(OCc3c(F)cccc3Cl)c2)N1. The summed E-state index contributed by atoms with van der Waals surface area (Å²) in [6.07, 6.45) is 0. The number of hydrogen-bond donors (Lipinski definition) is 2. The first kappa shape index (κ1) is 17.1. The predicted octanol–water partition coefficient (Wildman–Crippen LogP) is 3.85. The first-order chi connectivity index (χ1) is 11.5. The number of nitrogens with one attached hydrogen (secondary N) is 1. The fourth-order valence-corrected chi connectivity index (χ4v) is 3.84. The predicted molar refractivity (Wildman–Crippen MR) is 91.9 cm³/mol. The summed E-state index contributed by atoms with van der Waals surface area (Å²) in [5.41, 5.74) is 1.23. The minimum Gasteiger partial charge on any atom is -0.489 e. The summed E-state index contributed by atoms with van der Waals surface area (Å²) < 4.78 is 19.4. The molecule has 1 aliphatic heterocycles. The highest BCUT2D eigenvalue weighted by atomic mass is 35.5. The van der Waals surface area contributed by atoms with Crippen molar-refractivity contribution in [1.29, 1.82) is 0 Å². The molecule has 0 aromatic heterocycles. The van der Waals surface area contributed by atoms with Gasteiger partial charge in [0.25, 0.3) is 0 Å². The lowest BCUT2D eigenvalue weighted by molar-refractivity contribution is -0.138. The average Bonchev–Trinajstić information content (AvgIpc) is 3.05. The molecule has 0 aliphatic carbocycles. The topological polar surface area (TPSA) is 58.6 Å². The van der Waals surface area contributed by atoms with Crippen LogP contribution in [0.25, 0.3) is 0 Å². The van der Waals surface area contributed by atoms with Gasteiger partial charge in [0.2, 0.25) is 0 Å². The van der Waals surface area contributed by atoms with Crippen LogP contribution in [0.3, 0.4) is 0 Å². The number of thioether (sulfide) groups is 1. The summed E-state index contributed by atoms with van der Waals surface area (Å²) in [6.45, 7) is 0.0257. The van der Waals surface area contributed by atoms with Gasteiger partial charge in [-0.05, 0) is 29.8 Å². The lowest BCUT2D eigenvalue weighted by atomic mass is 10.2. The normalized spacial score (nSPS) is 20.1. The zero-order chi connectivity index (χ0) is 17.1. The molecule has 126 valence electrons. The minimum atomic E-state index is -0.855. The van der Waals surface area contributed by atoms with Gasteiger partial charge in [-0.2, -0.15) is 0 Å². The van der Waals surface area contributed by atoms with Gasteiger partial charge in [-0.1, -0.05) is 29.8 Å². The molecule has 0 spiro atoms. The van der Waals surface area contributed by atoms with Crippen LogP contribution < -0.4 is 10.1 Å². The van der Waals surface area contributed by atoms with Gasteiger partial charge in [-0.25, -0.2) is 4.39 Å². The Hall–Kier alpha value is -1.76. The molecule has 4 nitrogen and oxygen atoms in total. The second-order valence-electron chi connectivity index (χ2n) is 5.33. The number of ether oxygens (including phenoxy) is 1. The van der Waals surface area contributed by atoms with Gasteiger partial charge < -0.3 is 9.84 Å². The second kappa shape index (κ2) is 7.42. The molecule has 1 heterocycles. The fourth-order valence-electron chi connectivity index (χ4n) is 2.40. The Morgan fingerprint density at radius 2 is 2.17 bits per heavy atom. The van der Waals surface area contributed by atoms with Crippen molar-refractivity contribution in [3.63, 3.8) is 0 Å². The molecular weight excluding hydrogens is 353 g/mol. The molecule has 2 aromatic carbocycles. The summed E-state index contributed by atoms with van der Waals surface area (Å²) >= 11 is 7.52. The number of rotatable bonds is 5. The van der Waals surface area contributed by atoms with Crippen LogP contribution in [0.15, 0.2) is 42.5 Å². The second-order valence-corrected chi connectivity index (χ2v) is 6.88. The number of carbonyl (C=O) groups is 1. The van der Waals surface area contributed by atoms with E-state index >= 15 is 0 Å². The third kappa shape index (κ3) is 3.83. The maximum atomic E-state index is 13.8. The molecular formula is C17H15ClFNO3S. The lowest BCUT2D eigenvalue weighted by Gasteiger charge is -2.14. The van der Waals surface area contributed by atoms with Crippen LogP contribution in [0, 0.1) is 5.82 Å². The van der Waals surface area contributed by atoms with Crippen LogP contribution in [0.5, 0.6) is 5.75 Å². The van der Waals surface area contributed by atoms with Gasteiger partial charge in [0.1, 0.15) is 24.2 Å². The van der Waals surface area contributed by atoms with Crippen molar-refractivity contribution in [2.75, 3.05) is 5.75 Å². The molecule has 2 unspecified atom stereocenters. The van der Waals surface area contributed by atoms with Crippen LogP contribution in [-0.2, 0) is 11.4 Å². The highest BCUT2D eigenvalue weighted by molar-refractivity contribution is 7.99. The smallest absolute Gasteiger partial charge is 0.321 e. The lowest BCUT2D eigenvalue weighted by Crippen LogP contribution is -2.33. The molecule has 24 heavy (non-hydrogen) atoms. The average molecular weight is 368 g/mol. The number of carboxylic acid groups (broad SMARTS) is 1. The van der Waals surface area contributed by atoms with E-state index in [0.717, 1.165) is 5.56 Å². The number of carboxylic acids is 1. The van der Waals surface area contributed by atoms with E-state index in [1.54, 1.807) is 18.2 Å². The van der Waals surface area contributed by atoms with E-state index in [2.05, 4.69) is 5.32 Å². The van der Waals surface area contributed by atoms with Crippen LogP contribution in [-0.4, -0.2) is 22.9 Å². The summed E-state index contributed by atoms with van der Waals surface area (Å²) in [5.74, 6) is -0.175. The number of halogens is 2. The van der Waals surface area contributed by atoms with Crippen molar-refractivity contribution >= 4 is 29.3 Å². The van der Waals surface area contributed by atoms with Gasteiger partial charge in [-0.3, -0.25) is 10.1 Å². The van der Waals surface area contributed by atoms with Crippen LogP contribution in [0.2, 0.25) is 5.02 Å². The van der Waals surface area contributed by atoms with Gasteiger partial charge in [0.05, 0.1) is 10.4 Å². The molecule has 0 bridgehead atoms. The Bertz CT molecular complexity index is 738. The molecule has 1 fully saturated rings. The Kier molecular flexibility index (Phi) is 5.28. The van der Waals surface area contributed by atoms with Crippen molar-refractivity contribution in [2.24, 2.45) is 0 Å². The summed E-state index contributed by atoms with van der Waals surface area (Å²) in [6, 6.07) is 11.3. The maximum Gasteiger partial charge on any atom is 0.321 e. The molecule has 0 amide bonds. The summed E-state index contributed by atoms with van der Waals surface area (Å²) in [7, 11) is 0. The number of benzene rings is 2. The Morgan fingerprint density at radius 3 is 2.88 bits per heavy atom. The Balaban J connectivity index is 1.69. The largest absolute Gasteiger partial charge is 0.489 e. The maximum absolute atomic E-state index is 13.8. The molecule has 1 aliphatic rings. The van der Waals surface area contributed by atoms with Crippen molar-refractivity contribution in [1.82, 2.24) is 5.32 Å². The van der Waals surface area contributed by atoms with E-state index in [1.165, 1.54) is 17.8 Å². The third-order valence-corrected chi connectivity index (χ3v) is 5.31. The molecule has 7 heteroatoms. The van der Waals surface area contributed by atoms with Crippen LogP contribution in [0.4, 0.5) is 4.39 Å². The molecule has 2 N–H and O–H groups in total. The van der Waals surface area contributed by atoms with E-state index in [4.69, 9.17) is 21.4 Å². The minimum absolute atomic E-state index is 0.0257. The molecule has 3 rings (SSSR count).